The van der Waals surface area contributed by atoms with Gasteiger partial charge in [-0.1, -0.05) is 12.1 Å². The van der Waals surface area contributed by atoms with Crippen molar-refractivity contribution in [3.63, 3.8) is 0 Å². The second-order valence-electron chi connectivity index (χ2n) is 6.16. The van der Waals surface area contributed by atoms with Crippen LogP contribution < -0.4 is 16.6 Å². The van der Waals surface area contributed by atoms with E-state index in [-0.39, 0.29) is 5.69 Å². The number of rotatable bonds is 3. The third kappa shape index (κ3) is 3.55. The van der Waals surface area contributed by atoms with Crippen LogP contribution in [-0.2, 0) is 7.05 Å². The summed E-state index contributed by atoms with van der Waals surface area (Å²) >= 11 is 0. The van der Waals surface area contributed by atoms with Crippen molar-refractivity contribution in [3.05, 3.63) is 85.9 Å². The van der Waals surface area contributed by atoms with Crippen molar-refractivity contribution in [2.75, 3.05) is 5.32 Å². The molecule has 1 heterocycles. The predicted octanol–water partition coefficient (Wildman–Crippen LogP) is 1.94. The van der Waals surface area contributed by atoms with Gasteiger partial charge in [-0.05, 0) is 55.3 Å². The summed E-state index contributed by atoms with van der Waals surface area (Å²) in [6.45, 7) is 3.70. The fourth-order valence-electron chi connectivity index (χ4n) is 2.52. The molecule has 0 aliphatic heterocycles. The number of hydrogen-bond donors (Lipinski definition) is 1. The standard InChI is InChI=1S/C19H17FN4O3/c1-11-4-5-12(2)15(10-11)21-17(25)16-18(26)23(3)19(27)24(22-16)14-8-6-13(20)7-9-14/h4-10H,1-3H3,(H,21,25). The SMILES string of the molecule is Cc1ccc(C)c(NC(=O)c2nn(-c3ccc(F)cc3)c(=O)n(C)c2=O)c1. The molecule has 0 atom stereocenters. The number of nitrogens with zero attached hydrogens (tertiary/aromatic N) is 3. The lowest BCUT2D eigenvalue weighted by Crippen LogP contribution is -2.43. The molecule has 1 N–H and O–H groups in total. The van der Waals surface area contributed by atoms with Gasteiger partial charge < -0.3 is 5.32 Å². The summed E-state index contributed by atoms with van der Waals surface area (Å²) in [7, 11) is 1.25. The highest BCUT2D eigenvalue weighted by atomic mass is 19.1. The van der Waals surface area contributed by atoms with Crippen LogP contribution in [0.4, 0.5) is 10.1 Å². The minimum atomic E-state index is -0.818. The van der Waals surface area contributed by atoms with Crippen LogP contribution in [0, 0.1) is 19.7 Å². The predicted molar refractivity (Wildman–Crippen MR) is 98.9 cm³/mol. The van der Waals surface area contributed by atoms with Gasteiger partial charge in [0, 0.05) is 12.7 Å². The Balaban J connectivity index is 2.08. The van der Waals surface area contributed by atoms with Crippen LogP contribution >= 0.6 is 0 Å². The van der Waals surface area contributed by atoms with Crippen molar-refractivity contribution in [1.82, 2.24) is 14.3 Å². The Morgan fingerprint density at radius 3 is 2.41 bits per heavy atom. The van der Waals surface area contributed by atoms with Gasteiger partial charge in [0.15, 0.2) is 0 Å². The number of halogens is 1. The van der Waals surface area contributed by atoms with Crippen molar-refractivity contribution in [2.24, 2.45) is 7.05 Å². The molecule has 0 aliphatic carbocycles. The van der Waals surface area contributed by atoms with Crippen molar-refractivity contribution in [2.45, 2.75) is 13.8 Å². The molecule has 0 aliphatic rings. The van der Waals surface area contributed by atoms with Crippen LogP contribution in [0.1, 0.15) is 21.6 Å². The molecular weight excluding hydrogens is 351 g/mol. The Hall–Kier alpha value is -3.55. The van der Waals surface area contributed by atoms with Crippen LogP contribution in [0.5, 0.6) is 0 Å². The van der Waals surface area contributed by atoms with Crippen LogP contribution in [0.3, 0.4) is 0 Å². The smallest absolute Gasteiger partial charge is 0.320 e. The van der Waals surface area contributed by atoms with E-state index >= 15 is 0 Å². The maximum Gasteiger partial charge on any atom is 0.351 e. The van der Waals surface area contributed by atoms with Gasteiger partial charge in [-0.15, -0.1) is 0 Å². The molecule has 3 rings (SSSR count). The van der Waals surface area contributed by atoms with Gasteiger partial charge in [0.2, 0.25) is 5.69 Å². The zero-order chi connectivity index (χ0) is 19.7. The highest BCUT2D eigenvalue weighted by Gasteiger charge is 2.19. The summed E-state index contributed by atoms with van der Waals surface area (Å²) in [5.74, 6) is -1.22. The maximum absolute atomic E-state index is 13.1. The molecule has 0 fully saturated rings. The Morgan fingerprint density at radius 2 is 1.74 bits per heavy atom. The first-order valence-electron chi connectivity index (χ1n) is 8.13. The van der Waals surface area contributed by atoms with Crippen molar-refractivity contribution < 1.29 is 9.18 Å². The molecule has 138 valence electrons. The average molecular weight is 368 g/mol. The Kier molecular flexibility index (Phi) is 4.72. The number of aryl methyl sites for hydroxylation is 2. The highest BCUT2D eigenvalue weighted by Crippen LogP contribution is 2.16. The molecule has 8 heteroatoms. The quantitative estimate of drug-likeness (QED) is 0.766. The van der Waals surface area contributed by atoms with E-state index in [0.717, 1.165) is 32.5 Å². The number of nitrogens with one attached hydrogen (secondary N) is 1. The van der Waals surface area contributed by atoms with E-state index in [0.29, 0.717) is 5.69 Å². The molecule has 27 heavy (non-hydrogen) atoms. The molecule has 1 amide bonds. The summed E-state index contributed by atoms with van der Waals surface area (Å²) in [6, 6.07) is 10.5. The summed E-state index contributed by atoms with van der Waals surface area (Å²) in [5, 5.41) is 6.57. The second kappa shape index (κ2) is 6.99. The molecule has 7 nitrogen and oxygen atoms in total. The molecule has 0 bridgehead atoms. The first-order valence-corrected chi connectivity index (χ1v) is 8.13. The first-order chi connectivity index (χ1) is 12.8. The van der Waals surface area contributed by atoms with E-state index in [9.17, 15) is 18.8 Å². The number of amides is 1. The minimum Gasteiger partial charge on any atom is -0.320 e. The van der Waals surface area contributed by atoms with Crippen LogP contribution in [0.15, 0.2) is 52.1 Å². The molecule has 0 unspecified atom stereocenters. The van der Waals surface area contributed by atoms with Gasteiger partial charge in [0.25, 0.3) is 11.5 Å². The number of anilines is 1. The number of carbonyl (C=O) groups excluding carboxylic acids is 1. The van der Waals surface area contributed by atoms with Gasteiger partial charge in [-0.2, -0.15) is 9.78 Å². The number of benzene rings is 2. The Bertz CT molecular complexity index is 1150. The molecule has 0 radical (unpaired) electrons. The normalized spacial score (nSPS) is 10.7. The molecule has 0 saturated carbocycles. The Morgan fingerprint density at radius 1 is 1.07 bits per heavy atom. The Labute approximate surface area is 153 Å². The van der Waals surface area contributed by atoms with Gasteiger partial charge >= 0.3 is 5.69 Å². The average Bonchev–Trinajstić information content (AvgIpc) is 2.64. The molecule has 0 spiro atoms. The van der Waals surface area contributed by atoms with Crippen LogP contribution in [0.2, 0.25) is 0 Å². The topological polar surface area (TPSA) is 86.0 Å². The third-order valence-corrected chi connectivity index (χ3v) is 4.10. The lowest BCUT2D eigenvalue weighted by Gasteiger charge is -2.11. The molecule has 2 aromatic carbocycles. The van der Waals surface area contributed by atoms with Gasteiger partial charge in [-0.3, -0.25) is 14.2 Å². The van der Waals surface area contributed by atoms with Crippen molar-refractivity contribution in [3.8, 4) is 5.69 Å². The number of carbonyl (C=O) groups is 1. The van der Waals surface area contributed by atoms with E-state index in [1.807, 2.05) is 26.0 Å². The van der Waals surface area contributed by atoms with Crippen LogP contribution in [-0.4, -0.2) is 20.3 Å². The lowest BCUT2D eigenvalue weighted by atomic mass is 10.1. The van der Waals surface area contributed by atoms with Gasteiger partial charge in [0.05, 0.1) is 5.69 Å². The molecule has 0 saturated heterocycles. The number of aromatic nitrogens is 3. The van der Waals surface area contributed by atoms with E-state index in [2.05, 4.69) is 10.4 Å². The van der Waals surface area contributed by atoms with Crippen LogP contribution in [0.25, 0.3) is 5.69 Å². The van der Waals surface area contributed by atoms with Crippen molar-refractivity contribution in [1.29, 1.82) is 0 Å². The zero-order valence-corrected chi connectivity index (χ0v) is 15.0. The third-order valence-electron chi connectivity index (χ3n) is 4.10. The van der Waals surface area contributed by atoms with E-state index in [1.165, 1.54) is 19.2 Å². The summed E-state index contributed by atoms with van der Waals surface area (Å²) in [6.07, 6.45) is 0. The lowest BCUT2D eigenvalue weighted by molar-refractivity contribution is 0.101. The van der Waals surface area contributed by atoms with Crippen molar-refractivity contribution >= 4 is 11.6 Å². The minimum absolute atomic E-state index is 0.234. The molecule has 1 aromatic heterocycles. The monoisotopic (exact) mass is 368 g/mol. The van der Waals surface area contributed by atoms with E-state index in [4.69, 9.17) is 0 Å². The largest absolute Gasteiger partial charge is 0.351 e. The van der Waals surface area contributed by atoms with E-state index < -0.39 is 28.7 Å². The maximum atomic E-state index is 13.1. The number of hydrogen-bond acceptors (Lipinski definition) is 4. The second-order valence-corrected chi connectivity index (χ2v) is 6.16. The summed E-state index contributed by atoms with van der Waals surface area (Å²) < 4.78 is 14.8. The zero-order valence-electron chi connectivity index (χ0n) is 15.0. The first kappa shape index (κ1) is 18.2. The molecule has 3 aromatic rings. The fraction of sp³-hybridized carbons (Fsp3) is 0.158. The van der Waals surface area contributed by atoms with Gasteiger partial charge in [-0.25, -0.2) is 9.18 Å². The van der Waals surface area contributed by atoms with E-state index in [1.54, 1.807) is 6.07 Å². The van der Waals surface area contributed by atoms with Gasteiger partial charge in [0.1, 0.15) is 5.82 Å². The summed E-state index contributed by atoms with van der Waals surface area (Å²) in [5.41, 5.74) is 0.533. The summed E-state index contributed by atoms with van der Waals surface area (Å²) in [4.78, 5) is 37.4. The fourth-order valence-corrected chi connectivity index (χ4v) is 2.52. The molecular formula is C19H17FN4O3. The highest BCUT2D eigenvalue weighted by molar-refractivity contribution is 6.03.